The zero-order chi connectivity index (χ0) is 22.1. The summed E-state index contributed by atoms with van der Waals surface area (Å²) in [5, 5.41) is 18.6. The van der Waals surface area contributed by atoms with E-state index in [-0.39, 0.29) is 10.8 Å². The van der Waals surface area contributed by atoms with Crippen LogP contribution >= 0.6 is 0 Å². The number of hydrazone groups is 1. The number of hydrogen-bond acceptors (Lipinski definition) is 4. The molecule has 0 aliphatic rings. The first-order valence-electron chi connectivity index (χ1n) is 10.6. The fourth-order valence-corrected chi connectivity index (χ4v) is 3.39. The molecule has 0 atom stereocenters. The molecule has 0 aliphatic carbocycles. The Morgan fingerprint density at radius 1 is 0.967 bits per heavy atom. The quantitative estimate of drug-likeness (QED) is 0.405. The molecule has 3 aromatic rings. The van der Waals surface area contributed by atoms with Crippen LogP contribution in [0.1, 0.15) is 65.2 Å². The van der Waals surface area contributed by atoms with Crippen LogP contribution in [0.25, 0.3) is 10.9 Å². The van der Waals surface area contributed by atoms with E-state index in [1.165, 1.54) is 5.56 Å². The first-order valence-corrected chi connectivity index (χ1v) is 10.6. The second-order valence-corrected chi connectivity index (χ2v) is 9.78. The number of benzene rings is 2. The van der Waals surface area contributed by atoms with E-state index in [1.807, 2.05) is 42.3 Å². The normalized spacial score (nSPS) is 12.6. The molecule has 0 radical (unpaired) electrons. The van der Waals surface area contributed by atoms with E-state index in [0.29, 0.717) is 12.3 Å². The highest BCUT2D eigenvalue weighted by Gasteiger charge is 2.24. The molecule has 1 heterocycles. The van der Waals surface area contributed by atoms with Crippen molar-refractivity contribution in [2.24, 2.45) is 5.10 Å². The summed E-state index contributed by atoms with van der Waals surface area (Å²) >= 11 is 0. The Morgan fingerprint density at radius 3 is 2.30 bits per heavy atom. The largest absolute Gasteiger partial charge is 0.507 e. The molecule has 0 bridgehead atoms. The van der Waals surface area contributed by atoms with Gasteiger partial charge in [-0.2, -0.15) is 5.10 Å². The van der Waals surface area contributed by atoms with Gasteiger partial charge in [-0.3, -0.25) is 0 Å². The van der Waals surface area contributed by atoms with E-state index in [2.05, 4.69) is 64.8 Å². The van der Waals surface area contributed by atoms with Gasteiger partial charge in [-0.05, 0) is 47.6 Å². The van der Waals surface area contributed by atoms with Crippen molar-refractivity contribution < 1.29 is 5.11 Å². The van der Waals surface area contributed by atoms with E-state index in [0.717, 1.165) is 27.8 Å². The highest BCUT2D eigenvalue weighted by atomic mass is 16.3. The molecule has 158 valence electrons. The number of phenolic OH excluding ortho intramolecular Hbond substituents is 1. The van der Waals surface area contributed by atoms with Crippen molar-refractivity contribution in [2.45, 2.75) is 59.3 Å². The van der Waals surface area contributed by atoms with E-state index in [1.54, 1.807) is 6.21 Å². The van der Waals surface area contributed by atoms with Crippen molar-refractivity contribution in [3.05, 3.63) is 65.2 Å². The standard InChI is InChI=1S/C26H33N3O/c1-8-29(23-14-13-18-11-9-10-12-22(18)28-23)27-17-19-15-20(25(2,3)4)16-21(24(19)30)26(5,6)7/h9-17,30H,8H2,1-7H3/b27-17+. The SMILES string of the molecule is CCN(/N=C/c1cc(C(C)(C)C)cc(C(C)(C)C)c1O)c1ccc2ccccc2n1. The van der Waals surface area contributed by atoms with Gasteiger partial charge in [-0.1, -0.05) is 65.8 Å². The van der Waals surface area contributed by atoms with Crippen molar-refractivity contribution in [2.75, 3.05) is 11.6 Å². The average molecular weight is 404 g/mol. The summed E-state index contributed by atoms with van der Waals surface area (Å²) in [5.41, 5.74) is 3.59. The molecule has 1 aromatic heterocycles. The number of rotatable bonds is 4. The first kappa shape index (κ1) is 21.8. The maximum atomic E-state index is 11.0. The van der Waals surface area contributed by atoms with Gasteiger partial charge in [0.2, 0.25) is 0 Å². The number of aromatic hydroxyl groups is 1. The molecule has 4 nitrogen and oxygen atoms in total. The van der Waals surface area contributed by atoms with Crippen LogP contribution in [0.4, 0.5) is 5.82 Å². The van der Waals surface area contributed by atoms with Crippen molar-refractivity contribution >= 4 is 22.9 Å². The summed E-state index contributed by atoms with van der Waals surface area (Å²) in [7, 11) is 0. The second-order valence-electron chi connectivity index (χ2n) is 9.78. The maximum Gasteiger partial charge on any atom is 0.149 e. The fraction of sp³-hybridized carbons (Fsp3) is 0.385. The molecule has 1 N–H and O–H groups in total. The Kier molecular flexibility index (Phi) is 5.89. The van der Waals surface area contributed by atoms with Gasteiger partial charge in [-0.15, -0.1) is 0 Å². The minimum Gasteiger partial charge on any atom is -0.507 e. The number of hydrogen-bond donors (Lipinski definition) is 1. The molecule has 0 spiro atoms. The van der Waals surface area contributed by atoms with Crippen LogP contribution in [-0.4, -0.2) is 22.8 Å². The number of phenols is 1. The molecule has 0 unspecified atom stereocenters. The third-order valence-electron chi connectivity index (χ3n) is 5.30. The average Bonchev–Trinajstić information content (AvgIpc) is 2.67. The first-order chi connectivity index (χ1) is 14.0. The fourth-order valence-electron chi connectivity index (χ4n) is 3.39. The van der Waals surface area contributed by atoms with Crippen LogP contribution in [0.15, 0.2) is 53.6 Å². The number of anilines is 1. The van der Waals surface area contributed by atoms with Gasteiger partial charge in [0, 0.05) is 23.1 Å². The van der Waals surface area contributed by atoms with E-state index in [4.69, 9.17) is 4.98 Å². The number of nitrogens with zero attached hydrogens (tertiary/aromatic N) is 3. The minimum atomic E-state index is -0.168. The lowest BCUT2D eigenvalue weighted by atomic mass is 9.79. The molecule has 0 aliphatic heterocycles. The Balaban J connectivity index is 2.03. The van der Waals surface area contributed by atoms with E-state index in [9.17, 15) is 5.11 Å². The van der Waals surface area contributed by atoms with Gasteiger partial charge < -0.3 is 5.11 Å². The van der Waals surface area contributed by atoms with Crippen LogP contribution in [0, 0.1) is 0 Å². The summed E-state index contributed by atoms with van der Waals surface area (Å²) in [6, 6.07) is 16.3. The topological polar surface area (TPSA) is 48.7 Å². The molecule has 0 fully saturated rings. The Hall–Kier alpha value is -2.88. The summed E-state index contributed by atoms with van der Waals surface area (Å²) < 4.78 is 0. The van der Waals surface area contributed by atoms with E-state index < -0.39 is 0 Å². The minimum absolute atomic E-state index is 0.0271. The Morgan fingerprint density at radius 2 is 1.67 bits per heavy atom. The number of fused-ring (bicyclic) bond motifs is 1. The van der Waals surface area contributed by atoms with Crippen molar-refractivity contribution in [1.29, 1.82) is 0 Å². The van der Waals surface area contributed by atoms with Gasteiger partial charge in [0.1, 0.15) is 11.6 Å². The zero-order valence-electron chi connectivity index (χ0n) is 19.2. The molecule has 0 amide bonds. The zero-order valence-corrected chi connectivity index (χ0v) is 19.2. The van der Waals surface area contributed by atoms with Crippen molar-refractivity contribution in [3.63, 3.8) is 0 Å². The maximum absolute atomic E-state index is 11.0. The van der Waals surface area contributed by atoms with Crippen LogP contribution in [0.3, 0.4) is 0 Å². The van der Waals surface area contributed by atoms with Gasteiger partial charge in [0.25, 0.3) is 0 Å². The van der Waals surface area contributed by atoms with Crippen LogP contribution in [0.2, 0.25) is 0 Å². The lowest BCUT2D eigenvalue weighted by molar-refractivity contribution is 0.444. The molecule has 4 heteroatoms. The highest BCUT2D eigenvalue weighted by Crippen LogP contribution is 2.37. The second kappa shape index (κ2) is 8.10. The lowest BCUT2D eigenvalue weighted by Crippen LogP contribution is -2.19. The monoisotopic (exact) mass is 403 g/mol. The predicted molar refractivity (Wildman–Crippen MR) is 128 cm³/mol. The number of pyridine rings is 1. The van der Waals surface area contributed by atoms with E-state index >= 15 is 0 Å². The Labute approximate surface area is 180 Å². The van der Waals surface area contributed by atoms with Crippen LogP contribution < -0.4 is 5.01 Å². The molecule has 2 aromatic carbocycles. The summed E-state index contributed by atoms with van der Waals surface area (Å²) in [4.78, 5) is 4.74. The smallest absolute Gasteiger partial charge is 0.149 e. The summed E-state index contributed by atoms with van der Waals surface area (Å²) in [6.07, 6.45) is 1.75. The predicted octanol–water partition coefficient (Wildman–Crippen LogP) is 6.40. The number of aromatic nitrogens is 1. The third kappa shape index (κ3) is 4.64. The molecule has 0 saturated heterocycles. The third-order valence-corrected chi connectivity index (χ3v) is 5.30. The van der Waals surface area contributed by atoms with Crippen LogP contribution in [-0.2, 0) is 10.8 Å². The van der Waals surface area contributed by atoms with Gasteiger partial charge >= 0.3 is 0 Å². The van der Waals surface area contributed by atoms with Crippen molar-refractivity contribution in [1.82, 2.24) is 4.98 Å². The highest BCUT2D eigenvalue weighted by molar-refractivity contribution is 5.86. The van der Waals surface area contributed by atoms with Gasteiger partial charge in [-0.25, -0.2) is 9.99 Å². The molecule has 0 saturated carbocycles. The van der Waals surface area contributed by atoms with Crippen LogP contribution in [0.5, 0.6) is 5.75 Å². The summed E-state index contributed by atoms with van der Waals surface area (Å²) in [6.45, 7) is 15.6. The van der Waals surface area contributed by atoms with Crippen molar-refractivity contribution in [3.8, 4) is 5.75 Å². The van der Waals surface area contributed by atoms with Gasteiger partial charge in [0.05, 0.1) is 11.7 Å². The number of para-hydroxylation sites is 1. The summed E-state index contributed by atoms with van der Waals surface area (Å²) in [5.74, 6) is 1.08. The lowest BCUT2D eigenvalue weighted by Gasteiger charge is -2.27. The molecule has 3 rings (SSSR count). The molecule has 30 heavy (non-hydrogen) atoms. The molecular formula is C26H33N3O. The molecular weight excluding hydrogens is 370 g/mol. The Bertz CT molecular complexity index is 1070. The van der Waals surface area contributed by atoms with Gasteiger partial charge in [0.15, 0.2) is 0 Å².